The van der Waals surface area contributed by atoms with Crippen molar-refractivity contribution in [3.05, 3.63) is 106 Å². The van der Waals surface area contributed by atoms with Gasteiger partial charge in [0.2, 0.25) is 0 Å². The third kappa shape index (κ3) is 8.43. The van der Waals surface area contributed by atoms with Crippen molar-refractivity contribution in [3.63, 3.8) is 0 Å². The van der Waals surface area contributed by atoms with Crippen LogP contribution >= 0.6 is 11.3 Å². The van der Waals surface area contributed by atoms with Gasteiger partial charge in [-0.25, -0.2) is 0 Å². The monoisotopic (exact) mass is 578 g/mol. The minimum atomic E-state index is 0.582. The van der Waals surface area contributed by atoms with Crippen molar-refractivity contribution in [2.75, 3.05) is 13.1 Å². The summed E-state index contributed by atoms with van der Waals surface area (Å²) in [5.74, 6) is 1.91. The largest absolute Gasteiger partial charge is 0.317 e. The summed E-state index contributed by atoms with van der Waals surface area (Å²) in [6.07, 6.45) is 8.04. The van der Waals surface area contributed by atoms with E-state index in [2.05, 4.69) is 123 Å². The Morgan fingerprint density at radius 2 is 1.31 bits per heavy atom. The zero-order valence-corrected chi connectivity index (χ0v) is 27.0. The van der Waals surface area contributed by atoms with Gasteiger partial charge >= 0.3 is 0 Å². The molecule has 0 bridgehead atoms. The highest BCUT2D eigenvalue weighted by Gasteiger charge is 2.16. The molecule has 1 saturated heterocycles. The summed E-state index contributed by atoms with van der Waals surface area (Å²) in [4.78, 5) is 2.84. The molecule has 6 rings (SSSR count). The highest BCUT2D eigenvalue weighted by molar-refractivity contribution is 7.15. The molecule has 2 nitrogen and oxygen atoms in total. The van der Waals surface area contributed by atoms with Crippen LogP contribution in [0.4, 0.5) is 0 Å². The van der Waals surface area contributed by atoms with Gasteiger partial charge in [-0.3, -0.25) is 0 Å². The normalized spacial score (nSPS) is 16.1. The number of rotatable bonds is 8. The molecule has 222 valence electrons. The summed E-state index contributed by atoms with van der Waals surface area (Å²) < 4.78 is 0. The average Bonchev–Trinajstić information content (AvgIpc) is 3.74. The lowest BCUT2D eigenvalue weighted by Crippen LogP contribution is -2.26. The van der Waals surface area contributed by atoms with Crippen molar-refractivity contribution in [1.29, 1.82) is 0 Å². The Hall–Kier alpha value is -2.72. The molecule has 0 spiro atoms. The Morgan fingerprint density at radius 3 is 1.95 bits per heavy atom. The van der Waals surface area contributed by atoms with Crippen LogP contribution in [0.3, 0.4) is 0 Å². The third-order valence-corrected chi connectivity index (χ3v) is 10.2. The van der Waals surface area contributed by atoms with Crippen LogP contribution in [-0.4, -0.2) is 19.1 Å². The second-order valence-corrected chi connectivity index (χ2v) is 14.0. The summed E-state index contributed by atoms with van der Waals surface area (Å²) in [7, 11) is 0. The van der Waals surface area contributed by atoms with Crippen molar-refractivity contribution in [1.82, 2.24) is 10.6 Å². The van der Waals surface area contributed by atoms with Crippen molar-refractivity contribution < 1.29 is 0 Å². The van der Waals surface area contributed by atoms with E-state index in [0.29, 0.717) is 11.8 Å². The molecule has 3 heteroatoms. The lowest BCUT2D eigenvalue weighted by molar-refractivity contribution is 0.460. The van der Waals surface area contributed by atoms with E-state index in [1.54, 1.807) is 0 Å². The molecule has 2 heterocycles. The van der Waals surface area contributed by atoms with Crippen molar-refractivity contribution in [3.8, 4) is 21.6 Å². The fourth-order valence-corrected chi connectivity index (χ4v) is 7.19. The van der Waals surface area contributed by atoms with Gasteiger partial charge in [-0.15, -0.1) is 11.3 Å². The van der Waals surface area contributed by atoms with E-state index in [1.165, 1.54) is 81.7 Å². The topological polar surface area (TPSA) is 24.1 Å². The number of piperidine rings is 1. The Labute approximate surface area is 259 Å². The molecule has 1 aliphatic heterocycles. The molecule has 2 aliphatic rings. The first kappa shape index (κ1) is 30.7. The van der Waals surface area contributed by atoms with Crippen LogP contribution in [0.5, 0.6) is 0 Å². The van der Waals surface area contributed by atoms with E-state index in [1.807, 2.05) is 11.3 Å². The van der Waals surface area contributed by atoms with Crippen LogP contribution in [0, 0.1) is 0 Å². The van der Waals surface area contributed by atoms with Gasteiger partial charge in [-0.1, -0.05) is 113 Å². The highest BCUT2D eigenvalue weighted by atomic mass is 32.1. The molecule has 0 atom stereocenters. The second kappa shape index (κ2) is 15.1. The van der Waals surface area contributed by atoms with E-state index >= 15 is 0 Å². The minimum absolute atomic E-state index is 0.582. The summed E-state index contributed by atoms with van der Waals surface area (Å²) >= 11 is 1.93. The first-order valence-electron chi connectivity index (χ1n) is 16.3. The number of thiophene rings is 1. The molecule has 1 saturated carbocycles. The summed E-state index contributed by atoms with van der Waals surface area (Å²) in [5, 5.41) is 7.14. The fraction of sp³-hybridized carbons (Fsp3) is 0.436. The lowest BCUT2D eigenvalue weighted by Gasteiger charge is -2.23. The maximum absolute atomic E-state index is 3.70. The van der Waals surface area contributed by atoms with Crippen molar-refractivity contribution >= 4 is 11.3 Å². The maximum atomic E-state index is 3.70. The summed E-state index contributed by atoms with van der Waals surface area (Å²) in [5.41, 5.74) is 8.35. The molecule has 1 aromatic heterocycles. The second-order valence-electron chi connectivity index (χ2n) is 12.8. The molecule has 2 fully saturated rings. The van der Waals surface area contributed by atoms with Gasteiger partial charge in [0.15, 0.2) is 0 Å². The van der Waals surface area contributed by atoms with Gasteiger partial charge < -0.3 is 10.6 Å². The molecule has 0 amide bonds. The van der Waals surface area contributed by atoms with Gasteiger partial charge in [0.1, 0.15) is 0 Å². The minimum Gasteiger partial charge on any atom is -0.317 e. The number of hydrogen-bond acceptors (Lipinski definition) is 3. The van der Waals surface area contributed by atoms with E-state index in [0.717, 1.165) is 31.6 Å². The molecule has 4 aromatic rings. The Kier molecular flexibility index (Phi) is 11.1. The zero-order valence-electron chi connectivity index (χ0n) is 26.2. The van der Waals surface area contributed by atoms with Gasteiger partial charge in [-0.2, -0.15) is 0 Å². The van der Waals surface area contributed by atoms with E-state index in [9.17, 15) is 0 Å². The van der Waals surface area contributed by atoms with Crippen molar-refractivity contribution in [2.45, 2.75) is 96.6 Å². The Balaban J connectivity index is 0.000000168. The SMILES string of the molecule is CC(C)c1cccc(-c2ccc(C3CCNCC3)cc2)c1.CC(C)c1cccc(-c2ccc(CNC3CCCC3)s2)c1. The van der Waals surface area contributed by atoms with Crippen LogP contribution in [-0.2, 0) is 6.54 Å². The molecule has 0 unspecified atom stereocenters. The predicted octanol–water partition coefficient (Wildman–Crippen LogP) is 10.5. The standard InChI is InChI=1S/C20H25N.C19H25NS/c1-15(2)19-4-3-5-20(14-19)17-8-6-16(7-9-17)18-10-12-21-13-11-18;1-14(2)15-6-5-7-16(12-15)19-11-10-18(21-19)13-20-17-8-3-4-9-17/h3-9,14-15,18,21H,10-13H2,1-2H3;5-7,10-12,14,17,20H,3-4,8-9,13H2,1-2H3. The van der Waals surface area contributed by atoms with E-state index in [-0.39, 0.29) is 0 Å². The Bertz CT molecular complexity index is 1370. The van der Waals surface area contributed by atoms with Crippen LogP contribution in [0.25, 0.3) is 21.6 Å². The molecule has 3 aromatic carbocycles. The smallest absolute Gasteiger partial charge is 0.0346 e. The van der Waals surface area contributed by atoms with E-state index in [4.69, 9.17) is 0 Å². The number of hydrogen-bond donors (Lipinski definition) is 2. The fourth-order valence-electron chi connectivity index (χ4n) is 6.23. The molecular weight excluding hydrogens is 529 g/mol. The van der Waals surface area contributed by atoms with E-state index < -0.39 is 0 Å². The van der Waals surface area contributed by atoms with Crippen LogP contribution in [0.2, 0.25) is 0 Å². The zero-order chi connectivity index (χ0) is 29.3. The number of nitrogens with one attached hydrogen (secondary N) is 2. The quantitative estimate of drug-likeness (QED) is 0.217. The molecule has 42 heavy (non-hydrogen) atoms. The van der Waals surface area contributed by atoms with Crippen molar-refractivity contribution in [2.24, 2.45) is 0 Å². The molecule has 0 radical (unpaired) electrons. The van der Waals surface area contributed by atoms with Crippen LogP contribution in [0.1, 0.15) is 106 Å². The van der Waals surface area contributed by atoms with Gasteiger partial charge in [0.05, 0.1) is 0 Å². The van der Waals surface area contributed by atoms with Gasteiger partial charge in [0.25, 0.3) is 0 Å². The average molecular weight is 579 g/mol. The van der Waals surface area contributed by atoms with Crippen LogP contribution in [0.15, 0.2) is 84.9 Å². The first-order valence-corrected chi connectivity index (χ1v) is 17.1. The highest BCUT2D eigenvalue weighted by Crippen LogP contribution is 2.31. The predicted molar refractivity (Wildman–Crippen MR) is 184 cm³/mol. The number of benzene rings is 3. The summed E-state index contributed by atoms with van der Waals surface area (Å²) in [6, 6.07) is 32.4. The maximum Gasteiger partial charge on any atom is 0.0346 e. The molecule has 1 aliphatic carbocycles. The first-order chi connectivity index (χ1) is 20.5. The lowest BCUT2D eigenvalue weighted by atomic mass is 9.89. The summed E-state index contributed by atoms with van der Waals surface area (Å²) in [6.45, 7) is 12.3. The van der Waals surface area contributed by atoms with Gasteiger partial charge in [0, 0.05) is 22.3 Å². The third-order valence-electron chi connectivity index (χ3n) is 9.03. The molecular formula is C39H50N2S. The van der Waals surface area contributed by atoms with Crippen LogP contribution < -0.4 is 10.6 Å². The van der Waals surface area contributed by atoms with Gasteiger partial charge in [-0.05, 0) is 102 Å². The Morgan fingerprint density at radius 1 is 0.690 bits per heavy atom. The molecule has 2 N–H and O–H groups in total.